The molecular formula is C27H26FN5O2. The van der Waals surface area contributed by atoms with E-state index in [1.807, 2.05) is 24.3 Å². The Balaban J connectivity index is 1.23. The van der Waals surface area contributed by atoms with Gasteiger partial charge in [-0.15, -0.1) is 5.10 Å². The fourth-order valence-corrected chi connectivity index (χ4v) is 3.69. The minimum absolute atomic E-state index is 0.00497. The minimum atomic E-state index is -1.73. The van der Waals surface area contributed by atoms with Crippen LogP contribution in [0.25, 0.3) is 17.1 Å². The first-order valence-corrected chi connectivity index (χ1v) is 11.4. The lowest BCUT2D eigenvalue weighted by Gasteiger charge is -2.17. The maximum absolute atomic E-state index is 13.7. The molecule has 0 spiro atoms. The Bertz CT molecular complexity index is 1320. The number of aromatic nitrogens is 3. The third-order valence-electron chi connectivity index (χ3n) is 5.46. The van der Waals surface area contributed by atoms with Gasteiger partial charge >= 0.3 is 0 Å². The SMILES string of the molecule is Cc1ccc(C2COC(Nc3ccc(-c4ncn(-c5ccc(OC(C)(C)F)cc5)n4)cc3)=N2)cc1. The predicted octanol–water partition coefficient (Wildman–Crippen LogP) is 5.87. The minimum Gasteiger partial charge on any atom is -0.462 e. The number of aliphatic imine (C=N–C) groups is 1. The van der Waals surface area contributed by atoms with Crippen LogP contribution in [0.15, 0.2) is 84.1 Å². The summed E-state index contributed by atoms with van der Waals surface area (Å²) < 4.78 is 26.3. The summed E-state index contributed by atoms with van der Waals surface area (Å²) in [6.07, 6.45) is 1.64. The molecule has 2 heterocycles. The van der Waals surface area contributed by atoms with Gasteiger partial charge in [-0.1, -0.05) is 29.8 Å². The van der Waals surface area contributed by atoms with Crippen LogP contribution < -0.4 is 10.1 Å². The first kappa shape index (κ1) is 22.6. The molecule has 178 valence electrons. The van der Waals surface area contributed by atoms with Crippen molar-refractivity contribution in [1.29, 1.82) is 0 Å². The fraction of sp³-hybridized carbons (Fsp3) is 0.222. The average Bonchev–Trinajstić information content (AvgIpc) is 3.50. The van der Waals surface area contributed by atoms with E-state index in [1.165, 1.54) is 19.4 Å². The Kier molecular flexibility index (Phi) is 5.94. The Morgan fingerprint density at radius 1 is 1.00 bits per heavy atom. The van der Waals surface area contributed by atoms with Crippen molar-refractivity contribution in [3.8, 4) is 22.8 Å². The van der Waals surface area contributed by atoms with Crippen LogP contribution >= 0.6 is 0 Å². The zero-order valence-corrected chi connectivity index (χ0v) is 19.8. The van der Waals surface area contributed by atoms with Gasteiger partial charge in [0.05, 0.1) is 5.69 Å². The van der Waals surface area contributed by atoms with Crippen LogP contribution in [0.5, 0.6) is 5.75 Å². The van der Waals surface area contributed by atoms with Crippen LogP contribution in [0.4, 0.5) is 10.1 Å². The summed E-state index contributed by atoms with van der Waals surface area (Å²) in [5.41, 5.74) is 4.89. The van der Waals surface area contributed by atoms with Crippen molar-refractivity contribution in [1.82, 2.24) is 14.8 Å². The van der Waals surface area contributed by atoms with E-state index in [0.717, 1.165) is 22.5 Å². The molecule has 0 amide bonds. The van der Waals surface area contributed by atoms with Gasteiger partial charge in [0, 0.05) is 25.1 Å². The van der Waals surface area contributed by atoms with Crippen LogP contribution in [0.2, 0.25) is 0 Å². The zero-order chi connectivity index (χ0) is 24.4. The molecule has 1 aliphatic rings. The standard InChI is InChI=1S/C27H26FN5O2/c1-18-4-6-19(7-5-18)24-16-34-26(31-24)30-21-10-8-20(9-11-21)25-29-17-33(32-25)22-12-14-23(15-13-22)35-27(2,3)28/h4-15,17,24H,16H2,1-3H3,(H,30,31). The highest BCUT2D eigenvalue weighted by Crippen LogP contribution is 2.25. The number of nitrogens with zero attached hydrogens (tertiary/aromatic N) is 4. The highest BCUT2D eigenvalue weighted by atomic mass is 19.2. The van der Waals surface area contributed by atoms with E-state index in [4.69, 9.17) is 9.47 Å². The van der Waals surface area contributed by atoms with Crippen LogP contribution in [-0.2, 0) is 4.74 Å². The summed E-state index contributed by atoms with van der Waals surface area (Å²) >= 11 is 0. The molecule has 0 saturated heterocycles. The lowest BCUT2D eigenvalue weighted by Crippen LogP contribution is -2.20. The maximum atomic E-state index is 13.7. The van der Waals surface area contributed by atoms with Crippen molar-refractivity contribution in [3.63, 3.8) is 0 Å². The summed E-state index contributed by atoms with van der Waals surface area (Å²) in [6, 6.07) is 23.6. The van der Waals surface area contributed by atoms with Gasteiger partial charge < -0.3 is 14.8 Å². The third kappa shape index (κ3) is 5.48. The van der Waals surface area contributed by atoms with Crippen LogP contribution in [0.1, 0.15) is 31.0 Å². The molecule has 0 radical (unpaired) electrons. The smallest absolute Gasteiger partial charge is 0.290 e. The zero-order valence-electron chi connectivity index (χ0n) is 19.8. The lowest BCUT2D eigenvalue weighted by molar-refractivity contribution is -0.0257. The number of benzene rings is 3. The predicted molar refractivity (Wildman–Crippen MR) is 134 cm³/mol. The number of rotatable bonds is 6. The van der Waals surface area contributed by atoms with E-state index in [9.17, 15) is 4.39 Å². The van der Waals surface area contributed by atoms with E-state index in [2.05, 4.69) is 51.6 Å². The number of aryl methyl sites for hydroxylation is 1. The number of nitrogens with one attached hydrogen (secondary N) is 1. The molecular weight excluding hydrogens is 445 g/mol. The van der Waals surface area contributed by atoms with Gasteiger partial charge in [-0.2, -0.15) is 4.39 Å². The first-order chi connectivity index (χ1) is 16.8. The molecule has 4 aromatic rings. The summed E-state index contributed by atoms with van der Waals surface area (Å²) in [6.45, 7) is 5.31. The molecule has 5 rings (SSSR count). The molecule has 35 heavy (non-hydrogen) atoms. The highest BCUT2D eigenvalue weighted by molar-refractivity contribution is 5.90. The Labute approximate surface area is 203 Å². The van der Waals surface area contributed by atoms with E-state index in [0.29, 0.717) is 24.2 Å². The van der Waals surface area contributed by atoms with Crippen LogP contribution in [0.3, 0.4) is 0 Å². The molecule has 7 nitrogen and oxygen atoms in total. The summed E-state index contributed by atoms with van der Waals surface area (Å²) in [4.78, 5) is 9.07. The Morgan fingerprint density at radius 3 is 2.40 bits per heavy atom. The topological polar surface area (TPSA) is 73.6 Å². The van der Waals surface area contributed by atoms with Crippen LogP contribution in [-0.4, -0.2) is 33.2 Å². The van der Waals surface area contributed by atoms with Gasteiger partial charge in [0.25, 0.3) is 6.02 Å². The maximum Gasteiger partial charge on any atom is 0.290 e. The highest BCUT2D eigenvalue weighted by Gasteiger charge is 2.21. The lowest BCUT2D eigenvalue weighted by atomic mass is 10.1. The summed E-state index contributed by atoms with van der Waals surface area (Å²) in [7, 11) is 0. The molecule has 0 saturated carbocycles. The molecule has 1 unspecified atom stereocenters. The van der Waals surface area contributed by atoms with Crippen molar-refractivity contribution in [2.45, 2.75) is 32.7 Å². The monoisotopic (exact) mass is 471 g/mol. The van der Waals surface area contributed by atoms with Crippen molar-refractivity contribution in [2.24, 2.45) is 4.99 Å². The molecule has 1 aromatic heterocycles. The van der Waals surface area contributed by atoms with E-state index >= 15 is 0 Å². The first-order valence-electron chi connectivity index (χ1n) is 11.4. The number of hydrogen-bond acceptors (Lipinski definition) is 6. The molecule has 1 aliphatic heterocycles. The largest absolute Gasteiger partial charge is 0.462 e. The number of amidine groups is 1. The second kappa shape index (κ2) is 9.21. The van der Waals surface area contributed by atoms with E-state index < -0.39 is 5.85 Å². The van der Waals surface area contributed by atoms with Crippen molar-refractivity contribution in [2.75, 3.05) is 11.9 Å². The quantitative estimate of drug-likeness (QED) is 0.381. The van der Waals surface area contributed by atoms with Gasteiger partial charge in [-0.25, -0.2) is 14.7 Å². The third-order valence-corrected chi connectivity index (χ3v) is 5.46. The van der Waals surface area contributed by atoms with Gasteiger partial charge in [0.1, 0.15) is 24.7 Å². The second-order valence-electron chi connectivity index (χ2n) is 8.85. The van der Waals surface area contributed by atoms with Gasteiger partial charge in [-0.3, -0.25) is 0 Å². The number of alkyl halides is 1. The summed E-state index contributed by atoms with van der Waals surface area (Å²) in [5.74, 6) is -0.691. The summed E-state index contributed by atoms with van der Waals surface area (Å²) in [5, 5.41) is 7.79. The van der Waals surface area contributed by atoms with Crippen LogP contribution in [0, 0.1) is 6.92 Å². The second-order valence-corrected chi connectivity index (χ2v) is 8.85. The van der Waals surface area contributed by atoms with Gasteiger partial charge in [0.2, 0.25) is 5.85 Å². The molecule has 0 aliphatic carbocycles. The fourth-order valence-electron chi connectivity index (χ4n) is 3.69. The molecule has 3 aromatic carbocycles. The molecule has 8 heteroatoms. The van der Waals surface area contributed by atoms with Gasteiger partial charge in [0.15, 0.2) is 5.82 Å². The molecule has 0 bridgehead atoms. The molecule has 1 N–H and O–H groups in total. The van der Waals surface area contributed by atoms with E-state index in [1.54, 1.807) is 35.3 Å². The number of ether oxygens (including phenoxy) is 2. The molecule has 1 atom stereocenters. The normalized spacial score (nSPS) is 15.4. The molecule has 0 fully saturated rings. The number of hydrogen-bond donors (Lipinski definition) is 1. The number of halogens is 1. The van der Waals surface area contributed by atoms with Gasteiger partial charge in [-0.05, 0) is 61.0 Å². The Hall–Kier alpha value is -4.20. The average molecular weight is 472 g/mol. The number of anilines is 1. The van der Waals surface area contributed by atoms with Crippen molar-refractivity contribution in [3.05, 3.63) is 90.3 Å². The van der Waals surface area contributed by atoms with Crippen molar-refractivity contribution >= 4 is 11.7 Å². The Morgan fingerprint density at radius 2 is 1.71 bits per heavy atom. The van der Waals surface area contributed by atoms with E-state index in [-0.39, 0.29) is 6.04 Å². The van der Waals surface area contributed by atoms with Crippen molar-refractivity contribution < 1.29 is 13.9 Å².